The number of hydrogen-bond donors (Lipinski definition) is 2. The van der Waals surface area contributed by atoms with Crippen LogP contribution in [-0.4, -0.2) is 40.5 Å². The van der Waals surface area contributed by atoms with Crippen molar-refractivity contribution in [3.05, 3.63) is 70.8 Å². The fourth-order valence-electron chi connectivity index (χ4n) is 2.88. The maximum Gasteiger partial charge on any atom is 0.187 e. The fraction of sp³-hybridized carbons (Fsp3) is 0.190. The van der Waals surface area contributed by atoms with Crippen LogP contribution in [0.1, 0.15) is 18.1 Å². The fourth-order valence-corrected chi connectivity index (χ4v) is 2.88. The molecule has 1 heterocycles. The van der Waals surface area contributed by atoms with Crippen LogP contribution in [-0.2, 0) is 4.79 Å². The first-order valence-electron chi connectivity index (χ1n) is 8.31. The third-order valence-electron chi connectivity index (χ3n) is 4.29. The van der Waals surface area contributed by atoms with Gasteiger partial charge in [0.1, 0.15) is 11.5 Å². The summed E-state index contributed by atoms with van der Waals surface area (Å²) in [6.07, 6.45) is 3.77. The van der Waals surface area contributed by atoms with Gasteiger partial charge in [-0.05, 0) is 54.1 Å². The number of Topliss-reactive ketones (excluding diaryl/α,β-unsaturated/α-hetero) is 1. The monoisotopic (exact) mass is 335 g/mol. The van der Waals surface area contributed by atoms with E-state index in [9.17, 15) is 15.0 Å². The summed E-state index contributed by atoms with van der Waals surface area (Å²) in [5.41, 5.74) is 3.26. The first-order chi connectivity index (χ1) is 12.0. The summed E-state index contributed by atoms with van der Waals surface area (Å²) in [5.74, 6) is 0.464. The highest BCUT2D eigenvalue weighted by molar-refractivity contribution is 6.14. The smallest absolute Gasteiger partial charge is 0.187 e. The Balaban J connectivity index is 1.93. The van der Waals surface area contributed by atoms with Gasteiger partial charge in [0.15, 0.2) is 5.78 Å². The number of nitrogens with zero attached hydrogens (tertiary/aromatic N) is 1. The second kappa shape index (κ2) is 7.36. The van der Waals surface area contributed by atoms with Crippen molar-refractivity contribution in [1.82, 2.24) is 4.90 Å². The molecule has 0 bridgehead atoms. The van der Waals surface area contributed by atoms with Crippen LogP contribution in [0, 0.1) is 0 Å². The van der Waals surface area contributed by atoms with E-state index in [0.29, 0.717) is 13.1 Å². The Kier molecular flexibility index (Phi) is 5.00. The van der Waals surface area contributed by atoms with Crippen molar-refractivity contribution in [2.45, 2.75) is 6.92 Å². The van der Waals surface area contributed by atoms with Crippen molar-refractivity contribution in [2.24, 2.45) is 0 Å². The highest BCUT2D eigenvalue weighted by atomic mass is 16.3. The van der Waals surface area contributed by atoms with Gasteiger partial charge in [0.05, 0.1) is 0 Å². The van der Waals surface area contributed by atoms with Crippen LogP contribution in [0.3, 0.4) is 0 Å². The molecular weight excluding hydrogens is 314 g/mol. The molecule has 3 rings (SSSR count). The molecule has 0 aromatic heterocycles. The van der Waals surface area contributed by atoms with Crippen molar-refractivity contribution in [3.63, 3.8) is 0 Å². The van der Waals surface area contributed by atoms with Gasteiger partial charge >= 0.3 is 0 Å². The summed E-state index contributed by atoms with van der Waals surface area (Å²) in [5, 5.41) is 18.8. The number of piperidine rings is 1. The van der Waals surface area contributed by atoms with Gasteiger partial charge < -0.3 is 10.2 Å². The largest absolute Gasteiger partial charge is 0.508 e. The first-order valence-corrected chi connectivity index (χ1v) is 8.31. The predicted octanol–water partition coefficient (Wildman–Crippen LogP) is 3.47. The highest BCUT2D eigenvalue weighted by Gasteiger charge is 2.25. The van der Waals surface area contributed by atoms with Gasteiger partial charge in [0.2, 0.25) is 0 Å². The predicted molar refractivity (Wildman–Crippen MR) is 99.3 cm³/mol. The Morgan fingerprint density at radius 2 is 1.24 bits per heavy atom. The summed E-state index contributed by atoms with van der Waals surface area (Å²) in [6, 6.07) is 13.6. The molecule has 2 N–H and O–H groups in total. The Hall–Kier alpha value is -2.85. The lowest BCUT2D eigenvalue weighted by atomic mass is 9.94. The molecule has 25 heavy (non-hydrogen) atoms. The molecule has 0 unspecified atom stereocenters. The Labute approximate surface area is 147 Å². The number of aromatic hydroxyl groups is 2. The molecule has 0 aliphatic carbocycles. The minimum Gasteiger partial charge on any atom is -0.508 e. The number of likely N-dealkylation sites (N-methyl/N-ethyl adjacent to an activating group) is 1. The van der Waals surface area contributed by atoms with E-state index in [1.807, 2.05) is 12.2 Å². The van der Waals surface area contributed by atoms with Gasteiger partial charge in [0.25, 0.3) is 0 Å². The maximum absolute atomic E-state index is 12.9. The molecular formula is C21H21NO3. The molecule has 0 spiro atoms. The molecule has 2 aromatic carbocycles. The van der Waals surface area contributed by atoms with Crippen LogP contribution in [0.5, 0.6) is 11.5 Å². The van der Waals surface area contributed by atoms with Gasteiger partial charge in [-0.15, -0.1) is 0 Å². The van der Waals surface area contributed by atoms with E-state index in [2.05, 4.69) is 11.8 Å². The summed E-state index contributed by atoms with van der Waals surface area (Å²) in [6.45, 7) is 4.16. The number of likely N-dealkylation sites (tertiary alicyclic amines) is 1. The van der Waals surface area contributed by atoms with Crippen LogP contribution in [0.25, 0.3) is 12.2 Å². The molecule has 0 amide bonds. The summed E-state index contributed by atoms with van der Waals surface area (Å²) >= 11 is 0. The average molecular weight is 335 g/mol. The molecule has 2 aromatic rings. The van der Waals surface area contributed by atoms with E-state index in [0.717, 1.165) is 28.8 Å². The van der Waals surface area contributed by atoms with Crippen molar-refractivity contribution in [3.8, 4) is 11.5 Å². The molecule has 128 valence electrons. The Morgan fingerprint density at radius 1 is 0.840 bits per heavy atom. The normalized spacial score (nSPS) is 18.8. The number of phenolic OH excluding ortho intramolecular Hbond substituents is 2. The number of carbonyl (C=O) groups is 1. The standard InChI is InChI=1S/C21H21NO3/c1-2-22-13-17(11-15-3-7-19(23)8-4-15)21(25)18(14-22)12-16-5-9-20(24)10-6-16/h3-12,23-24H,2,13-14H2,1H3/b17-11-,18-12+. The number of benzene rings is 2. The molecule has 4 nitrogen and oxygen atoms in total. The summed E-state index contributed by atoms with van der Waals surface area (Å²) in [4.78, 5) is 15.1. The molecule has 0 atom stereocenters. The van der Waals surface area contributed by atoms with E-state index >= 15 is 0 Å². The van der Waals surface area contributed by atoms with E-state index in [1.165, 1.54) is 0 Å². The molecule has 0 saturated carbocycles. The summed E-state index contributed by atoms with van der Waals surface area (Å²) < 4.78 is 0. The van der Waals surface area contributed by atoms with Gasteiger partial charge in [-0.2, -0.15) is 0 Å². The lowest BCUT2D eigenvalue weighted by Crippen LogP contribution is -2.37. The number of carbonyl (C=O) groups excluding carboxylic acids is 1. The van der Waals surface area contributed by atoms with E-state index < -0.39 is 0 Å². The minimum absolute atomic E-state index is 0.0471. The van der Waals surface area contributed by atoms with Crippen LogP contribution < -0.4 is 0 Å². The van der Waals surface area contributed by atoms with Crippen molar-refractivity contribution in [1.29, 1.82) is 0 Å². The lowest BCUT2D eigenvalue weighted by Gasteiger charge is -2.28. The topological polar surface area (TPSA) is 60.8 Å². The van der Waals surface area contributed by atoms with Gasteiger partial charge in [-0.1, -0.05) is 31.2 Å². The van der Waals surface area contributed by atoms with Crippen LogP contribution in [0.4, 0.5) is 0 Å². The quantitative estimate of drug-likeness (QED) is 0.843. The maximum atomic E-state index is 12.9. The second-order valence-electron chi connectivity index (χ2n) is 6.15. The molecule has 1 fully saturated rings. The van der Waals surface area contributed by atoms with Crippen LogP contribution >= 0.6 is 0 Å². The highest BCUT2D eigenvalue weighted by Crippen LogP contribution is 2.23. The van der Waals surface area contributed by atoms with E-state index in [-0.39, 0.29) is 17.3 Å². The number of hydrogen-bond acceptors (Lipinski definition) is 4. The van der Waals surface area contributed by atoms with E-state index in [4.69, 9.17) is 0 Å². The number of phenols is 2. The zero-order chi connectivity index (χ0) is 17.8. The number of ketones is 1. The van der Waals surface area contributed by atoms with Crippen molar-refractivity contribution < 1.29 is 15.0 Å². The molecule has 0 radical (unpaired) electrons. The summed E-state index contributed by atoms with van der Waals surface area (Å²) in [7, 11) is 0. The first kappa shape index (κ1) is 17.0. The zero-order valence-electron chi connectivity index (χ0n) is 14.1. The molecule has 1 aliphatic rings. The molecule has 1 saturated heterocycles. The van der Waals surface area contributed by atoms with Gasteiger partial charge in [-0.25, -0.2) is 0 Å². The van der Waals surface area contributed by atoms with E-state index in [1.54, 1.807) is 48.5 Å². The molecule has 1 aliphatic heterocycles. The zero-order valence-corrected chi connectivity index (χ0v) is 14.1. The lowest BCUT2D eigenvalue weighted by molar-refractivity contribution is -0.113. The van der Waals surface area contributed by atoms with Gasteiger partial charge in [-0.3, -0.25) is 9.69 Å². The average Bonchev–Trinajstić information content (AvgIpc) is 2.62. The number of rotatable bonds is 3. The Morgan fingerprint density at radius 3 is 1.60 bits per heavy atom. The van der Waals surface area contributed by atoms with Gasteiger partial charge in [0, 0.05) is 24.2 Å². The SMILES string of the molecule is CCN1C/C(=C/c2ccc(O)cc2)C(=O)/C(=C/c2ccc(O)cc2)C1. The van der Waals surface area contributed by atoms with Crippen molar-refractivity contribution in [2.75, 3.05) is 19.6 Å². The van der Waals surface area contributed by atoms with Crippen LogP contribution in [0.15, 0.2) is 59.7 Å². The molecule has 4 heteroatoms. The minimum atomic E-state index is 0.0471. The van der Waals surface area contributed by atoms with Crippen LogP contribution in [0.2, 0.25) is 0 Å². The Bertz CT molecular complexity index is 750. The van der Waals surface area contributed by atoms with Crippen molar-refractivity contribution >= 4 is 17.9 Å². The third kappa shape index (κ3) is 4.17. The third-order valence-corrected chi connectivity index (χ3v) is 4.29. The second-order valence-corrected chi connectivity index (χ2v) is 6.15.